The van der Waals surface area contributed by atoms with Gasteiger partial charge >= 0.3 is 6.09 Å². The first-order valence-corrected chi connectivity index (χ1v) is 4.94. The molecule has 6 heteroatoms. The van der Waals surface area contributed by atoms with Crippen molar-refractivity contribution in [3.63, 3.8) is 0 Å². The smallest absolute Gasteiger partial charge is 0.410 e. The van der Waals surface area contributed by atoms with Gasteiger partial charge in [0.1, 0.15) is 5.60 Å². The summed E-state index contributed by atoms with van der Waals surface area (Å²) in [4.78, 5) is 15.9. The quantitative estimate of drug-likeness (QED) is 0.380. The van der Waals surface area contributed by atoms with Crippen LogP contribution >= 0.6 is 0 Å². The lowest BCUT2D eigenvalue weighted by Gasteiger charge is -2.24. The first kappa shape index (κ1) is 11.7. The van der Waals surface area contributed by atoms with Gasteiger partial charge in [-0.3, -0.25) is 0 Å². The number of hydrogen-bond donors (Lipinski definition) is 0. The van der Waals surface area contributed by atoms with Crippen LogP contribution in [0.5, 0.6) is 0 Å². The van der Waals surface area contributed by atoms with Crippen LogP contribution in [0.1, 0.15) is 27.2 Å². The lowest BCUT2D eigenvalue weighted by atomic mass is 10.2. The van der Waals surface area contributed by atoms with Crippen molar-refractivity contribution in [1.82, 2.24) is 4.90 Å². The maximum atomic E-state index is 11.6. The van der Waals surface area contributed by atoms with Crippen molar-refractivity contribution in [2.24, 2.45) is 5.11 Å². The van der Waals surface area contributed by atoms with Crippen molar-refractivity contribution in [3.8, 4) is 0 Å². The molecule has 1 rings (SSSR count). The Labute approximate surface area is 88.8 Å². The summed E-state index contributed by atoms with van der Waals surface area (Å²) in [6.45, 7) is 6.53. The molecule has 0 aromatic heterocycles. The molecule has 1 unspecified atom stereocenters. The highest BCUT2D eigenvalue weighted by atomic mass is 16.6. The molecule has 0 aromatic carbocycles. The number of likely N-dealkylation sites (tertiary alicyclic amines) is 1. The Hall–Kier alpha value is -1.42. The Morgan fingerprint density at radius 3 is 2.80 bits per heavy atom. The summed E-state index contributed by atoms with van der Waals surface area (Å²) in [5.74, 6) is 0. The van der Waals surface area contributed by atoms with Crippen LogP contribution in [0.2, 0.25) is 0 Å². The van der Waals surface area contributed by atoms with Crippen molar-refractivity contribution in [1.29, 1.82) is 0 Å². The third-order valence-electron chi connectivity index (χ3n) is 2.03. The minimum absolute atomic E-state index is 0.109. The molecule has 6 nitrogen and oxygen atoms in total. The minimum atomic E-state index is -0.479. The van der Waals surface area contributed by atoms with Crippen LogP contribution in [0.15, 0.2) is 5.11 Å². The lowest BCUT2D eigenvalue weighted by Crippen LogP contribution is -2.35. The summed E-state index contributed by atoms with van der Waals surface area (Å²) >= 11 is 0. The van der Waals surface area contributed by atoms with Gasteiger partial charge in [-0.15, -0.1) is 0 Å². The number of amides is 1. The van der Waals surface area contributed by atoms with E-state index < -0.39 is 5.60 Å². The molecule has 1 amide bonds. The number of carbonyl (C=O) groups excluding carboxylic acids is 1. The predicted molar refractivity (Wildman–Crippen MR) is 55.4 cm³/mol. The second-order valence-corrected chi connectivity index (χ2v) is 4.57. The van der Waals surface area contributed by atoms with E-state index in [2.05, 4.69) is 10.0 Å². The van der Waals surface area contributed by atoms with Crippen LogP contribution in [-0.2, 0) is 4.74 Å². The van der Waals surface area contributed by atoms with E-state index in [0.717, 1.165) is 0 Å². The molecule has 1 heterocycles. The van der Waals surface area contributed by atoms with Gasteiger partial charge in [0.05, 0.1) is 6.04 Å². The number of nitrogens with zero attached hydrogens (tertiary/aromatic N) is 4. The summed E-state index contributed by atoms with van der Waals surface area (Å²) in [7, 11) is 0. The molecular weight excluding hydrogens is 196 g/mol. The summed E-state index contributed by atoms with van der Waals surface area (Å²) < 4.78 is 5.20. The second kappa shape index (κ2) is 4.40. The summed E-state index contributed by atoms with van der Waals surface area (Å²) in [6, 6.07) is -0.109. The Kier molecular flexibility index (Phi) is 3.42. The number of hydrogen-bond acceptors (Lipinski definition) is 3. The van der Waals surface area contributed by atoms with E-state index in [9.17, 15) is 4.79 Å². The van der Waals surface area contributed by atoms with Gasteiger partial charge < -0.3 is 9.64 Å². The van der Waals surface area contributed by atoms with Gasteiger partial charge in [0.15, 0.2) is 0 Å². The molecule has 1 aliphatic rings. The van der Waals surface area contributed by atoms with Crippen molar-refractivity contribution in [2.45, 2.75) is 38.8 Å². The summed E-state index contributed by atoms with van der Waals surface area (Å²) in [6.07, 6.45) is 0.377. The van der Waals surface area contributed by atoms with Crippen molar-refractivity contribution in [3.05, 3.63) is 10.4 Å². The van der Waals surface area contributed by atoms with E-state index in [1.54, 1.807) is 4.90 Å². The third-order valence-corrected chi connectivity index (χ3v) is 2.03. The van der Waals surface area contributed by atoms with Crippen LogP contribution in [0.25, 0.3) is 10.4 Å². The number of azide groups is 1. The summed E-state index contributed by atoms with van der Waals surface area (Å²) in [5, 5.41) is 3.58. The molecule has 0 aliphatic carbocycles. The highest BCUT2D eigenvalue weighted by Gasteiger charge is 2.28. The van der Waals surface area contributed by atoms with Crippen LogP contribution in [-0.4, -0.2) is 35.7 Å². The maximum Gasteiger partial charge on any atom is 0.410 e. The minimum Gasteiger partial charge on any atom is -0.444 e. The van der Waals surface area contributed by atoms with E-state index in [0.29, 0.717) is 19.5 Å². The first-order valence-electron chi connectivity index (χ1n) is 4.94. The molecule has 0 bridgehead atoms. The molecule has 84 valence electrons. The highest BCUT2D eigenvalue weighted by molar-refractivity contribution is 5.68. The molecule has 0 radical (unpaired) electrons. The molecule has 0 aromatic rings. The Balaban J connectivity index is 2.47. The zero-order valence-electron chi connectivity index (χ0n) is 9.30. The largest absolute Gasteiger partial charge is 0.444 e. The average Bonchev–Trinajstić information content (AvgIpc) is 2.50. The molecule has 15 heavy (non-hydrogen) atoms. The number of ether oxygens (including phenoxy) is 1. The number of carbonyl (C=O) groups is 1. The van der Waals surface area contributed by atoms with Crippen LogP contribution in [0, 0.1) is 0 Å². The highest BCUT2D eigenvalue weighted by Crippen LogP contribution is 2.16. The molecule has 1 atom stereocenters. The van der Waals surface area contributed by atoms with Gasteiger partial charge in [0.25, 0.3) is 0 Å². The zero-order chi connectivity index (χ0) is 11.5. The zero-order valence-corrected chi connectivity index (χ0v) is 9.30. The van der Waals surface area contributed by atoms with Gasteiger partial charge in [-0.25, -0.2) is 4.79 Å². The molecule has 0 N–H and O–H groups in total. The Bertz CT molecular complexity index is 291. The standard InChI is InChI=1S/C9H16N4O2/c1-9(2,3)15-8(14)13-5-4-7(6-13)11-12-10/h7H,4-6H2,1-3H3. The molecule has 0 spiro atoms. The maximum absolute atomic E-state index is 11.6. The van der Waals surface area contributed by atoms with Crippen LogP contribution < -0.4 is 0 Å². The van der Waals surface area contributed by atoms with Gasteiger partial charge in [-0.2, -0.15) is 0 Å². The van der Waals surface area contributed by atoms with Gasteiger partial charge in [-0.05, 0) is 32.7 Å². The van der Waals surface area contributed by atoms with E-state index in [1.807, 2.05) is 20.8 Å². The number of rotatable bonds is 1. The van der Waals surface area contributed by atoms with Crippen LogP contribution in [0.3, 0.4) is 0 Å². The molecule has 0 saturated carbocycles. The summed E-state index contributed by atoms with van der Waals surface area (Å²) in [5.41, 5.74) is 7.78. The van der Waals surface area contributed by atoms with E-state index in [-0.39, 0.29) is 12.1 Å². The fraction of sp³-hybridized carbons (Fsp3) is 0.889. The van der Waals surface area contributed by atoms with Gasteiger partial charge in [0, 0.05) is 18.0 Å². The Morgan fingerprint density at radius 2 is 2.27 bits per heavy atom. The van der Waals surface area contributed by atoms with E-state index >= 15 is 0 Å². The SMILES string of the molecule is CC(C)(C)OC(=O)N1CCC(N=[N+]=[N-])C1. The van der Waals surface area contributed by atoms with Crippen molar-refractivity contribution < 1.29 is 9.53 Å². The predicted octanol–water partition coefficient (Wildman–Crippen LogP) is 2.31. The Morgan fingerprint density at radius 1 is 1.60 bits per heavy atom. The first-order chi connectivity index (χ1) is 6.92. The molecule has 1 aliphatic heterocycles. The lowest BCUT2D eigenvalue weighted by molar-refractivity contribution is 0.0293. The van der Waals surface area contributed by atoms with Gasteiger partial charge in [0.2, 0.25) is 0 Å². The van der Waals surface area contributed by atoms with Crippen molar-refractivity contribution >= 4 is 6.09 Å². The normalized spacial score (nSPS) is 21.0. The second-order valence-electron chi connectivity index (χ2n) is 4.57. The van der Waals surface area contributed by atoms with E-state index in [1.165, 1.54) is 0 Å². The molecule has 1 fully saturated rings. The molecule has 1 saturated heterocycles. The fourth-order valence-electron chi connectivity index (χ4n) is 1.40. The van der Waals surface area contributed by atoms with Crippen molar-refractivity contribution in [2.75, 3.05) is 13.1 Å². The van der Waals surface area contributed by atoms with Crippen LogP contribution in [0.4, 0.5) is 4.79 Å². The fourth-order valence-corrected chi connectivity index (χ4v) is 1.40. The third kappa shape index (κ3) is 3.67. The van der Waals surface area contributed by atoms with Gasteiger partial charge in [-0.1, -0.05) is 5.11 Å². The molecular formula is C9H16N4O2. The average molecular weight is 212 g/mol. The topological polar surface area (TPSA) is 78.3 Å². The monoisotopic (exact) mass is 212 g/mol. The van der Waals surface area contributed by atoms with E-state index in [4.69, 9.17) is 10.3 Å².